The van der Waals surface area contributed by atoms with Crippen molar-refractivity contribution in [3.05, 3.63) is 5.01 Å². The summed E-state index contributed by atoms with van der Waals surface area (Å²) in [7, 11) is 0. The van der Waals surface area contributed by atoms with Gasteiger partial charge in [-0.3, -0.25) is 24.6 Å². The largest absolute Gasteiger partial charge is 0.371 e. The van der Waals surface area contributed by atoms with Crippen molar-refractivity contribution in [2.45, 2.75) is 51.0 Å². The first kappa shape index (κ1) is 16.6. The van der Waals surface area contributed by atoms with Gasteiger partial charge in [0.05, 0.1) is 5.41 Å². The Balaban J connectivity index is 1.37. The molecule has 1 aliphatic carbocycles. The van der Waals surface area contributed by atoms with Gasteiger partial charge in [-0.1, -0.05) is 24.2 Å². The second kappa shape index (κ2) is 6.45. The summed E-state index contributed by atoms with van der Waals surface area (Å²) >= 11 is 1.27. The van der Waals surface area contributed by atoms with Crippen LogP contribution in [0, 0.1) is 5.41 Å². The Morgan fingerprint density at radius 2 is 2.08 bits per heavy atom. The quantitative estimate of drug-likeness (QED) is 0.815. The van der Waals surface area contributed by atoms with Crippen LogP contribution in [-0.4, -0.2) is 46.0 Å². The minimum Gasteiger partial charge on any atom is -0.371 e. The molecule has 3 amide bonds. The number of carbonyl (C=O) groups is 3. The van der Waals surface area contributed by atoms with E-state index in [4.69, 9.17) is 4.74 Å². The number of aromatic nitrogens is 2. The summed E-state index contributed by atoms with van der Waals surface area (Å²) in [5.74, 6) is -0.867. The number of likely N-dealkylation sites (tertiary alicyclic amines) is 1. The molecular weight excluding hydrogens is 344 g/mol. The third-order valence-corrected chi connectivity index (χ3v) is 6.17. The summed E-state index contributed by atoms with van der Waals surface area (Å²) in [6.07, 6.45) is 5.52. The number of hydrogen-bond acceptors (Lipinski definition) is 7. The van der Waals surface area contributed by atoms with E-state index in [1.807, 2.05) is 0 Å². The molecule has 9 heteroatoms. The van der Waals surface area contributed by atoms with Gasteiger partial charge in [0.2, 0.25) is 22.9 Å². The van der Waals surface area contributed by atoms with E-state index in [1.54, 1.807) is 0 Å². The number of carbonyl (C=O) groups excluding carboxylic acids is 3. The third kappa shape index (κ3) is 3.06. The zero-order chi connectivity index (χ0) is 17.4. The molecule has 1 spiro atoms. The fourth-order valence-corrected chi connectivity index (χ4v) is 4.80. The number of nitrogens with one attached hydrogen (secondary N) is 1. The number of amides is 3. The lowest BCUT2D eigenvalue weighted by atomic mass is 9.84. The minimum absolute atomic E-state index is 0.0490. The van der Waals surface area contributed by atoms with Crippen LogP contribution in [-0.2, 0) is 19.1 Å². The normalized spacial score (nSPS) is 25.3. The molecule has 3 aliphatic rings. The van der Waals surface area contributed by atoms with Crippen LogP contribution in [0.4, 0.5) is 5.13 Å². The molecular formula is C16H20N4O4S. The monoisotopic (exact) mass is 364 g/mol. The highest BCUT2D eigenvalue weighted by atomic mass is 32.1. The molecule has 25 heavy (non-hydrogen) atoms. The zero-order valence-electron chi connectivity index (χ0n) is 13.8. The summed E-state index contributed by atoms with van der Waals surface area (Å²) in [5.41, 5.74) is -0.549. The average Bonchev–Trinajstić information content (AvgIpc) is 3.34. The van der Waals surface area contributed by atoms with Crippen molar-refractivity contribution in [2.24, 2.45) is 5.41 Å². The van der Waals surface area contributed by atoms with Crippen LogP contribution in [0.15, 0.2) is 0 Å². The molecule has 0 aromatic carbocycles. The molecule has 1 aromatic heterocycles. The molecule has 8 nitrogen and oxygen atoms in total. The van der Waals surface area contributed by atoms with Gasteiger partial charge in [-0.2, -0.15) is 0 Å². The molecule has 2 aliphatic heterocycles. The van der Waals surface area contributed by atoms with Crippen LogP contribution >= 0.6 is 11.3 Å². The third-order valence-electron chi connectivity index (χ3n) is 5.24. The number of rotatable bonds is 4. The van der Waals surface area contributed by atoms with E-state index in [1.165, 1.54) is 11.3 Å². The fraction of sp³-hybridized carbons (Fsp3) is 0.688. The van der Waals surface area contributed by atoms with E-state index < -0.39 is 11.3 Å². The first-order chi connectivity index (χ1) is 12.1. The molecule has 1 atom stereocenters. The maximum atomic E-state index is 12.6. The molecule has 0 radical (unpaired) electrons. The van der Waals surface area contributed by atoms with Gasteiger partial charge in [0.25, 0.3) is 0 Å². The zero-order valence-corrected chi connectivity index (χ0v) is 14.6. The van der Waals surface area contributed by atoms with Crippen molar-refractivity contribution in [1.29, 1.82) is 0 Å². The van der Waals surface area contributed by atoms with Gasteiger partial charge in [0.15, 0.2) is 0 Å². The molecule has 3 heterocycles. The topological polar surface area (TPSA) is 101 Å². The van der Waals surface area contributed by atoms with E-state index in [0.717, 1.165) is 48.4 Å². The van der Waals surface area contributed by atoms with Crippen molar-refractivity contribution >= 4 is 34.2 Å². The van der Waals surface area contributed by atoms with Crippen LogP contribution < -0.4 is 5.32 Å². The van der Waals surface area contributed by atoms with Crippen molar-refractivity contribution in [3.8, 4) is 0 Å². The fourth-order valence-electron chi connectivity index (χ4n) is 3.95. The SMILES string of the molecule is O=C(CN1C(=O)CC2(CCCC2)C1=O)Nc1nnc(C2CCCO2)s1. The van der Waals surface area contributed by atoms with Gasteiger partial charge in [-0.25, -0.2) is 0 Å². The molecule has 4 rings (SSSR count). The van der Waals surface area contributed by atoms with Gasteiger partial charge < -0.3 is 4.74 Å². The molecule has 1 aromatic rings. The first-order valence-electron chi connectivity index (χ1n) is 8.67. The van der Waals surface area contributed by atoms with Crippen molar-refractivity contribution in [3.63, 3.8) is 0 Å². The van der Waals surface area contributed by atoms with Gasteiger partial charge in [0, 0.05) is 13.0 Å². The Labute approximate surface area is 148 Å². The standard InChI is InChI=1S/C16H20N4O4S/c21-11(17-15-19-18-13(25-15)10-4-3-7-24-10)9-20-12(22)8-16(14(20)23)5-1-2-6-16/h10H,1-9H2,(H,17,19,21). The first-order valence-corrected chi connectivity index (χ1v) is 9.49. The number of imide groups is 1. The predicted molar refractivity (Wildman–Crippen MR) is 88.7 cm³/mol. The maximum absolute atomic E-state index is 12.6. The van der Waals surface area contributed by atoms with Gasteiger partial charge in [-0.15, -0.1) is 10.2 Å². The smallest absolute Gasteiger partial charge is 0.246 e. The highest BCUT2D eigenvalue weighted by Gasteiger charge is 2.52. The molecule has 1 unspecified atom stereocenters. The van der Waals surface area contributed by atoms with Gasteiger partial charge in [-0.05, 0) is 25.7 Å². The second-order valence-corrected chi connectivity index (χ2v) is 7.95. The Kier molecular flexibility index (Phi) is 4.28. The second-order valence-electron chi connectivity index (χ2n) is 6.94. The summed E-state index contributed by atoms with van der Waals surface area (Å²) in [4.78, 5) is 38.1. The van der Waals surface area contributed by atoms with Gasteiger partial charge in [0.1, 0.15) is 17.7 Å². The molecule has 1 saturated carbocycles. The van der Waals surface area contributed by atoms with E-state index in [0.29, 0.717) is 11.7 Å². The van der Waals surface area contributed by atoms with Crippen LogP contribution in [0.2, 0.25) is 0 Å². The Morgan fingerprint density at radius 3 is 2.80 bits per heavy atom. The summed E-state index contributed by atoms with van der Waals surface area (Å²) < 4.78 is 5.54. The predicted octanol–water partition coefficient (Wildman–Crippen LogP) is 1.65. The lowest BCUT2D eigenvalue weighted by Gasteiger charge is -2.20. The van der Waals surface area contributed by atoms with Crippen molar-refractivity contribution in [1.82, 2.24) is 15.1 Å². The highest BCUT2D eigenvalue weighted by molar-refractivity contribution is 7.15. The number of nitrogens with zero attached hydrogens (tertiary/aromatic N) is 3. The van der Waals surface area contributed by atoms with Crippen molar-refractivity contribution in [2.75, 3.05) is 18.5 Å². The maximum Gasteiger partial charge on any atom is 0.246 e. The van der Waals surface area contributed by atoms with Crippen LogP contribution in [0.25, 0.3) is 0 Å². The average molecular weight is 364 g/mol. The van der Waals surface area contributed by atoms with E-state index >= 15 is 0 Å². The Bertz CT molecular complexity index is 707. The summed E-state index contributed by atoms with van der Waals surface area (Å²) in [6, 6.07) is 0. The van der Waals surface area contributed by atoms with E-state index in [-0.39, 0.29) is 30.9 Å². The number of anilines is 1. The van der Waals surface area contributed by atoms with E-state index in [2.05, 4.69) is 15.5 Å². The van der Waals surface area contributed by atoms with Gasteiger partial charge >= 0.3 is 0 Å². The summed E-state index contributed by atoms with van der Waals surface area (Å²) in [5, 5.41) is 11.7. The Hall–Kier alpha value is -1.87. The molecule has 3 fully saturated rings. The molecule has 1 N–H and O–H groups in total. The molecule has 134 valence electrons. The van der Waals surface area contributed by atoms with Crippen LogP contribution in [0.1, 0.15) is 56.1 Å². The molecule has 0 bridgehead atoms. The van der Waals surface area contributed by atoms with E-state index in [9.17, 15) is 14.4 Å². The lowest BCUT2D eigenvalue weighted by molar-refractivity contribution is -0.143. The number of hydrogen-bond donors (Lipinski definition) is 1. The molecule has 2 saturated heterocycles. The lowest BCUT2D eigenvalue weighted by Crippen LogP contribution is -2.39. The van der Waals surface area contributed by atoms with Crippen molar-refractivity contribution < 1.29 is 19.1 Å². The number of ether oxygens (including phenoxy) is 1. The Morgan fingerprint density at radius 1 is 1.28 bits per heavy atom. The minimum atomic E-state index is -0.549. The van der Waals surface area contributed by atoms with Crippen LogP contribution in [0.3, 0.4) is 0 Å². The summed E-state index contributed by atoms with van der Waals surface area (Å²) in [6.45, 7) is 0.459. The van der Waals surface area contributed by atoms with Crippen LogP contribution in [0.5, 0.6) is 0 Å². The highest BCUT2D eigenvalue weighted by Crippen LogP contribution is 2.46.